The number of para-hydroxylation sites is 1. The van der Waals surface area contributed by atoms with Crippen molar-refractivity contribution < 1.29 is 9.15 Å². The molecule has 0 radical (unpaired) electrons. The molecule has 0 bridgehead atoms. The number of nitrogens with two attached hydrogens (primary N) is 1. The molecule has 136 valence electrons. The van der Waals surface area contributed by atoms with Crippen LogP contribution in [0.2, 0.25) is 0 Å². The second-order valence-electron chi connectivity index (χ2n) is 5.52. The number of guanidine groups is 1. The molecule has 6 nitrogen and oxygen atoms in total. The van der Waals surface area contributed by atoms with Gasteiger partial charge in [0, 0.05) is 11.8 Å². The Labute approximate surface area is 169 Å². The molecule has 0 atom stereocenters. The molecule has 2 aromatic carbocycles. The Morgan fingerprint density at radius 2 is 1.85 bits per heavy atom. The Hall–Kier alpha value is -2.55. The van der Waals surface area contributed by atoms with E-state index in [4.69, 9.17) is 14.9 Å². The molecule has 0 aliphatic heterocycles. The quantitative estimate of drug-likeness (QED) is 0.327. The molecule has 1 heterocycles. The topological polar surface area (TPSA) is 85.7 Å². The third-order valence-corrected chi connectivity index (χ3v) is 3.54. The summed E-state index contributed by atoms with van der Waals surface area (Å²) >= 11 is 0. The molecule has 0 aliphatic rings. The number of aryl methyl sites for hydroxylation is 2. The number of benzene rings is 2. The zero-order valence-electron chi connectivity index (χ0n) is 14.6. The van der Waals surface area contributed by atoms with E-state index in [9.17, 15) is 0 Å². The normalized spacial score (nSPS) is 10.9. The van der Waals surface area contributed by atoms with Crippen molar-refractivity contribution in [2.24, 2.45) is 10.7 Å². The molecule has 1 aromatic heterocycles. The van der Waals surface area contributed by atoms with Crippen molar-refractivity contribution in [2.45, 2.75) is 20.4 Å². The SMILES string of the molecule is Cc1nc(CN=C(N)Nc2cccc(Oc3ccccc3)c2)oc1C.I. The van der Waals surface area contributed by atoms with Crippen LogP contribution in [0.3, 0.4) is 0 Å². The van der Waals surface area contributed by atoms with Crippen LogP contribution in [0.4, 0.5) is 5.69 Å². The van der Waals surface area contributed by atoms with Gasteiger partial charge in [0.25, 0.3) is 0 Å². The summed E-state index contributed by atoms with van der Waals surface area (Å²) in [6, 6.07) is 17.1. The number of nitrogens with one attached hydrogen (secondary N) is 1. The van der Waals surface area contributed by atoms with E-state index in [1.54, 1.807) is 0 Å². The number of nitrogens with zero attached hydrogens (tertiary/aromatic N) is 2. The number of anilines is 1. The fourth-order valence-electron chi connectivity index (χ4n) is 2.21. The summed E-state index contributed by atoms with van der Waals surface area (Å²) in [6.45, 7) is 4.05. The molecule has 0 fully saturated rings. The molecule has 7 heteroatoms. The van der Waals surface area contributed by atoms with Crippen molar-refractivity contribution in [1.82, 2.24) is 4.98 Å². The van der Waals surface area contributed by atoms with Crippen LogP contribution < -0.4 is 15.8 Å². The number of rotatable bonds is 5. The predicted molar refractivity (Wildman–Crippen MR) is 113 cm³/mol. The molecule has 3 rings (SSSR count). The average molecular weight is 464 g/mol. The van der Waals surface area contributed by atoms with Crippen LogP contribution in [-0.4, -0.2) is 10.9 Å². The Morgan fingerprint density at radius 1 is 1.12 bits per heavy atom. The standard InChI is InChI=1S/C19H20N4O2.HI/c1-13-14(2)24-18(22-13)12-21-19(20)23-15-7-6-10-17(11-15)25-16-8-4-3-5-9-16;/h3-11H,12H2,1-2H3,(H3,20,21,23);1H. The number of aliphatic imine (C=N–C) groups is 1. The number of hydrogen-bond donors (Lipinski definition) is 2. The lowest BCUT2D eigenvalue weighted by Gasteiger charge is -2.09. The summed E-state index contributed by atoms with van der Waals surface area (Å²) < 4.78 is 11.3. The summed E-state index contributed by atoms with van der Waals surface area (Å²) in [4.78, 5) is 8.52. The van der Waals surface area contributed by atoms with Gasteiger partial charge < -0.3 is 20.2 Å². The average Bonchev–Trinajstić information content (AvgIpc) is 2.92. The van der Waals surface area contributed by atoms with Crippen molar-refractivity contribution >= 4 is 35.6 Å². The minimum atomic E-state index is 0. The second kappa shape index (κ2) is 9.23. The van der Waals surface area contributed by atoms with Crippen LogP contribution in [-0.2, 0) is 6.54 Å². The van der Waals surface area contributed by atoms with Gasteiger partial charge in [0.2, 0.25) is 5.89 Å². The van der Waals surface area contributed by atoms with Crippen molar-refractivity contribution in [1.29, 1.82) is 0 Å². The Bertz CT molecular complexity index is 859. The lowest BCUT2D eigenvalue weighted by molar-refractivity contribution is 0.473. The molecule has 0 amide bonds. The Morgan fingerprint density at radius 3 is 2.54 bits per heavy atom. The zero-order valence-corrected chi connectivity index (χ0v) is 16.9. The van der Waals surface area contributed by atoms with E-state index >= 15 is 0 Å². The van der Waals surface area contributed by atoms with Gasteiger partial charge >= 0.3 is 0 Å². The zero-order chi connectivity index (χ0) is 17.6. The number of ether oxygens (including phenoxy) is 1. The smallest absolute Gasteiger partial charge is 0.216 e. The second-order valence-corrected chi connectivity index (χ2v) is 5.52. The monoisotopic (exact) mass is 464 g/mol. The van der Waals surface area contributed by atoms with Crippen LogP contribution in [0, 0.1) is 13.8 Å². The maximum atomic E-state index is 5.93. The Balaban J connectivity index is 0.00000243. The molecule has 0 saturated heterocycles. The largest absolute Gasteiger partial charge is 0.457 e. The molecule has 0 saturated carbocycles. The van der Waals surface area contributed by atoms with Crippen LogP contribution in [0.5, 0.6) is 11.5 Å². The van der Waals surface area contributed by atoms with Crippen molar-refractivity contribution in [2.75, 3.05) is 5.32 Å². The van der Waals surface area contributed by atoms with Gasteiger partial charge in [-0.2, -0.15) is 0 Å². The van der Waals surface area contributed by atoms with E-state index in [-0.39, 0.29) is 36.5 Å². The van der Waals surface area contributed by atoms with Gasteiger partial charge in [0.15, 0.2) is 5.96 Å². The van der Waals surface area contributed by atoms with E-state index in [2.05, 4.69) is 15.3 Å². The predicted octanol–water partition coefficient (Wildman–Crippen LogP) is 4.63. The lowest BCUT2D eigenvalue weighted by Crippen LogP contribution is -2.22. The highest BCUT2D eigenvalue weighted by molar-refractivity contribution is 14.0. The number of halogens is 1. The number of hydrogen-bond acceptors (Lipinski definition) is 4. The van der Waals surface area contributed by atoms with Crippen LogP contribution in [0.1, 0.15) is 17.3 Å². The first-order chi connectivity index (χ1) is 12.1. The molecular formula is C19H21IN4O2. The minimum absolute atomic E-state index is 0. The maximum absolute atomic E-state index is 5.93. The third-order valence-electron chi connectivity index (χ3n) is 3.54. The number of aromatic nitrogens is 1. The minimum Gasteiger partial charge on any atom is -0.457 e. The summed E-state index contributed by atoms with van der Waals surface area (Å²) in [5.41, 5.74) is 7.58. The highest BCUT2D eigenvalue weighted by atomic mass is 127. The lowest BCUT2D eigenvalue weighted by atomic mass is 10.3. The van der Waals surface area contributed by atoms with E-state index in [0.717, 1.165) is 22.9 Å². The summed E-state index contributed by atoms with van der Waals surface area (Å²) in [7, 11) is 0. The molecule has 3 aromatic rings. The molecule has 0 unspecified atom stereocenters. The highest BCUT2D eigenvalue weighted by Crippen LogP contribution is 2.23. The van der Waals surface area contributed by atoms with E-state index in [1.165, 1.54) is 0 Å². The van der Waals surface area contributed by atoms with Crippen molar-refractivity contribution in [3.8, 4) is 11.5 Å². The Kier molecular flexibility index (Phi) is 7.02. The third kappa shape index (κ3) is 5.48. The van der Waals surface area contributed by atoms with Gasteiger partial charge in [0.05, 0.1) is 5.69 Å². The summed E-state index contributed by atoms with van der Waals surface area (Å²) in [5.74, 6) is 3.10. The summed E-state index contributed by atoms with van der Waals surface area (Å²) in [6.07, 6.45) is 0. The molecule has 0 spiro atoms. The highest BCUT2D eigenvalue weighted by Gasteiger charge is 2.05. The fourth-order valence-corrected chi connectivity index (χ4v) is 2.21. The van der Waals surface area contributed by atoms with Crippen molar-refractivity contribution in [3.63, 3.8) is 0 Å². The maximum Gasteiger partial charge on any atom is 0.216 e. The van der Waals surface area contributed by atoms with Gasteiger partial charge in [0.1, 0.15) is 23.8 Å². The molecule has 3 N–H and O–H groups in total. The van der Waals surface area contributed by atoms with Gasteiger partial charge in [-0.05, 0) is 38.1 Å². The van der Waals surface area contributed by atoms with Gasteiger partial charge in [-0.15, -0.1) is 24.0 Å². The summed E-state index contributed by atoms with van der Waals surface area (Å²) in [5, 5.41) is 3.04. The molecule has 0 aliphatic carbocycles. The van der Waals surface area contributed by atoms with Crippen LogP contribution in [0.15, 0.2) is 64.0 Å². The van der Waals surface area contributed by atoms with Gasteiger partial charge in [-0.1, -0.05) is 24.3 Å². The van der Waals surface area contributed by atoms with Crippen molar-refractivity contribution in [3.05, 3.63) is 71.9 Å². The van der Waals surface area contributed by atoms with E-state index < -0.39 is 0 Å². The van der Waals surface area contributed by atoms with Gasteiger partial charge in [-0.3, -0.25) is 0 Å². The molecule has 26 heavy (non-hydrogen) atoms. The fraction of sp³-hybridized carbons (Fsp3) is 0.158. The first-order valence-corrected chi connectivity index (χ1v) is 7.93. The first kappa shape index (κ1) is 19.8. The molecular weight excluding hydrogens is 443 g/mol. The number of oxazole rings is 1. The first-order valence-electron chi connectivity index (χ1n) is 7.93. The van der Waals surface area contributed by atoms with Gasteiger partial charge in [-0.25, -0.2) is 9.98 Å². The van der Waals surface area contributed by atoms with E-state index in [0.29, 0.717) is 11.6 Å². The van der Waals surface area contributed by atoms with Crippen LogP contribution >= 0.6 is 24.0 Å². The van der Waals surface area contributed by atoms with Crippen LogP contribution in [0.25, 0.3) is 0 Å². The van der Waals surface area contributed by atoms with E-state index in [1.807, 2.05) is 68.4 Å².